The molecule has 2 fully saturated rings. The predicted octanol–water partition coefficient (Wildman–Crippen LogP) is 1.27. The second-order valence-electron chi connectivity index (χ2n) is 6.20. The number of ether oxygens (including phenoxy) is 1. The highest BCUT2D eigenvalue weighted by Crippen LogP contribution is 2.24. The van der Waals surface area contributed by atoms with E-state index in [1.807, 2.05) is 11.0 Å². The molecule has 3 heterocycles. The van der Waals surface area contributed by atoms with Crippen molar-refractivity contribution in [2.45, 2.75) is 19.1 Å². The van der Waals surface area contributed by atoms with Gasteiger partial charge in [0.1, 0.15) is 6.54 Å². The number of piperidine rings is 1. The summed E-state index contributed by atoms with van der Waals surface area (Å²) in [4.78, 5) is 16.7. The van der Waals surface area contributed by atoms with Crippen LogP contribution in [-0.2, 0) is 16.1 Å². The zero-order valence-corrected chi connectivity index (χ0v) is 14.0. The zero-order valence-electron chi connectivity index (χ0n) is 13.2. The number of likely N-dealkylation sites (tertiary alicyclic amines) is 1. The minimum atomic E-state index is 0.0685. The lowest BCUT2D eigenvalue weighted by Crippen LogP contribution is -2.49. The molecule has 7 heteroatoms. The van der Waals surface area contributed by atoms with Gasteiger partial charge < -0.3 is 9.64 Å². The van der Waals surface area contributed by atoms with Crippen LogP contribution in [0.5, 0.6) is 0 Å². The van der Waals surface area contributed by atoms with Gasteiger partial charge >= 0.3 is 0 Å². The number of nitrogens with zero attached hydrogens (tertiary/aromatic N) is 4. The number of amides is 1. The van der Waals surface area contributed by atoms with E-state index in [1.165, 1.54) is 0 Å². The normalized spacial score (nSPS) is 25.7. The smallest absolute Gasteiger partial charge is 0.244 e. The van der Waals surface area contributed by atoms with Gasteiger partial charge in [0, 0.05) is 44.8 Å². The van der Waals surface area contributed by atoms with Crippen molar-refractivity contribution >= 4 is 17.5 Å². The summed E-state index contributed by atoms with van der Waals surface area (Å²) in [5.41, 5.74) is 0. The SMILES string of the molecule is C=CCN1CCOC2CN(C(=O)Cn3cc(Cl)cn3)CCC2C1. The van der Waals surface area contributed by atoms with Gasteiger partial charge in [-0.3, -0.25) is 14.4 Å². The lowest BCUT2D eigenvalue weighted by molar-refractivity contribution is -0.137. The standard InChI is InChI=1S/C16H23ClN4O2/c1-2-4-19-6-7-23-15-11-20(5-3-13(15)9-19)16(22)12-21-10-14(17)8-18-21/h2,8,10,13,15H,1,3-7,9,11-12H2. The molecule has 0 N–H and O–H groups in total. The molecule has 0 radical (unpaired) electrons. The molecule has 126 valence electrons. The fourth-order valence-corrected chi connectivity index (χ4v) is 3.51. The highest BCUT2D eigenvalue weighted by Gasteiger charge is 2.34. The van der Waals surface area contributed by atoms with Crippen LogP contribution in [0.1, 0.15) is 6.42 Å². The third-order valence-electron chi connectivity index (χ3n) is 4.57. The van der Waals surface area contributed by atoms with Crippen molar-refractivity contribution < 1.29 is 9.53 Å². The van der Waals surface area contributed by atoms with E-state index in [0.29, 0.717) is 24.1 Å². The van der Waals surface area contributed by atoms with Gasteiger partial charge in [-0.1, -0.05) is 17.7 Å². The Bertz CT molecular complexity index is 562. The first-order valence-electron chi connectivity index (χ1n) is 8.06. The van der Waals surface area contributed by atoms with E-state index >= 15 is 0 Å². The maximum Gasteiger partial charge on any atom is 0.244 e. The highest BCUT2D eigenvalue weighted by atomic mass is 35.5. The highest BCUT2D eigenvalue weighted by molar-refractivity contribution is 6.30. The van der Waals surface area contributed by atoms with Crippen LogP contribution in [0.25, 0.3) is 0 Å². The Kier molecular flexibility index (Phi) is 5.35. The second-order valence-corrected chi connectivity index (χ2v) is 6.64. The minimum absolute atomic E-state index is 0.0685. The fraction of sp³-hybridized carbons (Fsp3) is 0.625. The van der Waals surface area contributed by atoms with Crippen molar-refractivity contribution in [2.24, 2.45) is 5.92 Å². The summed E-state index contributed by atoms with van der Waals surface area (Å²) < 4.78 is 7.58. The molecular weight excluding hydrogens is 316 g/mol. The number of fused-ring (bicyclic) bond motifs is 1. The van der Waals surface area contributed by atoms with Gasteiger partial charge in [-0.25, -0.2) is 0 Å². The number of hydrogen-bond acceptors (Lipinski definition) is 4. The largest absolute Gasteiger partial charge is 0.375 e. The number of aromatic nitrogens is 2. The lowest BCUT2D eigenvalue weighted by atomic mass is 9.93. The van der Waals surface area contributed by atoms with Crippen molar-refractivity contribution in [1.82, 2.24) is 19.6 Å². The van der Waals surface area contributed by atoms with Crippen LogP contribution in [0.4, 0.5) is 0 Å². The van der Waals surface area contributed by atoms with Gasteiger partial charge in [0.15, 0.2) is 0 Å². The summed E-state index contributed by atoms with van der Waals surface area (Å²) in [6, 6.07) is 0. The Labute approximate surface area is 141 Å². The molecule has 0 aromatic carbocycles. The fourth-order valence-electron chi connectivity index (χ4n) is 3.36. The molecule has 2 atom stereocenters. The van der Waals surface area contributed by atoms with Crippen LogP contribution in [0.2, 0.25) is 5.02 Å². The van der Waals surface area contributed by atoms with Gasteiger partial charge in [0.05, 0.1) is 23.9 Å². The molecule has 0 bridgehead atoms. The first-order valence-corrected chi connectivity index (χ1v) is 8.44. The molecule has 6 nitrogen and oxygen atoms in total. The minimum Gasteiger partial charge on any atom is -0.375 e. The summed E-state index contributed by atoms with van der Waals surface area (Å²) in [5.74, 6) is 0.555. The lowest BCUT2D eigenvalue weighted by Gasteiger charge is -2.38. The molecule has 1 amide bonds. The Balaban J connectivity index is 1.56. The molecule has 0 aliphatic carbocycles. The Morgan fingerprint density at radius 1 is 1.48 bits per heavy atom. The van der Waals surface area contributed by atoms with Crippen LogP contribution in [0.3, 0.4) is 0 Å². The van der Waals surface area contributed by atoms with Crippen LogP contribution < -0.4 is 0 Å². The van der Waals surface area contributed by atoms with E-state index in [0.717, 1.165) is 32.6 Å². The van der Waals surface area contributed by atoms with Crippen molar-refractivity contribution in [2.75, 3.05) is 39.3 Å². The summed E-state index contributed by atoms with van der Waals surface area (Å²) in [5, 5.41) is 4.61. The van der Waals surface area contributed by atoms with Crippen molar-refractivity contribution in [3.8, 4) is 0 Å². The number of carbonyl (C=O) groups excluding carboxylic acids is 1. The summed E-state index contributed by atoms with van der Waals surface area (Å²) in [6.45, 7) is 9.05. The average molecular weight is 339 g/mol. The zero-order chi connectivity index (χ0) is 16.2. The maximum atomic E-state index is 12.4. The van der Waals surface area contributed by atoms with E-state index in [4.69, 9.17) is 16.3 Å². The van der Waals surface area contributed by atoms with Crippen molar-refractivity contribution in [1.29, 1.82) is 0 Å². The summed E-state index contributed by atoms with van der Waals surface area (Å²) in [6.07, 6.45) is 6.26. The Morgan fingerprint density at radius 2 is 2.35 bits per heavy atom. The third-order valence-corrected chi connectivity index (χ3v) is 4.76. The van der Waals surface area contributed by atoms with Crippen LogP contribution >= 0.6 is 11.6 Å². The predicted molar refractivity (Wildman–Crippen MR) is 88.3 cm³/mol. The van der Waals surface area contributed by atoms with Crippen LogP contribution in [-0.4, -0.2) is 70.9 Å². The van der Waals surface area contributed by atoms with Gasteiger partial charge in [-0.2, -0.15) is 5.10 Å². The van der Waals surface area contributed by atoms with Gasteiger partial charge in [-0.05, 0) is 6.42 Å². The molecule has 3 rings (SSSR count). The molecule has 2 saturated heterocycles. The third kappa shape index (κ3) is 4.13. The summed E-state index contributed by atoms with van der Waals surface area (Å²) in [7, 11) is 0. The van der Waals surface area contributed by atoms with Crippen molar-refractivity contribution in [3.63, 3.8) is 0 Å². The van der Waals surface area contributed by atoms with Crippen LogP contribution in [0, 0.1) is 5.92 Å². The summed E-state index contributed by atoms with van der Waals surface area (Å²) >= 11 is 5.84. The molecule has 0 spiro atoms. The number of rotatable bonds is 4. The molecule has 23 heavy (non-hydrogen) atoms. The molecule has 2 aliphatic rings. The molecule has 2 aliphatic heterocycles. The average Bonchev–Trinajstić information content (AvgIpc) is 2.82. The van der Waals surface area contributed by atoms with E-state index in [9.17, 15) is 4.79 Å². The monoisotopic (exact) mass is 338 g/mol. The van der Waals surface area contributed by atoms with Crippen molar-refractivity contribution in [3.05, 3.63) is 30.1 Å². The number of carbonyl (C=O) groups is 1. The molecule has 0 saturated carbocycles. The van der Waals surface area contributed by atoms with Gasteiger partial charge in [0.25, 0.3) is 0 Å². The topological polar surface area (TPSA) is 50.6 Å². The maximum absolute atomic E-state index is 12.4. The quantitative estimate of drug-likeness (QED) is 0.776. The first kappa shape index (κ1) is 16.5. The van der Waals surface area contributed by atoms with Gasteiger partial charge in [-0.15, -0.1) is 6.58 Å². The number of hydrogen-bond donors (Lipinski definition) is 0. The van der Waals surface area contributed by atoms with Crippen LogP contribution in [0.15, 0.2) is 25.0 Å². The second kappa shape index (κ2) is 7.47. The van der Waals surface area contributed by atoms with E-state index < -0.39 is 0 Å². The molecule has 2 unspecified atom stereocenters. The van der Waals surface area contributed by atoms with E-state index in [-0.39, 0.29) is 18.6 Å². The molecule has 1 aromatic heterocycles. The Morgan fingerprint density at radius 3 is 3.09 bits per heavy atom. The first-order chi connectivity index (χ1) is 11.2. The molecule has 1 aromatic rings. The molecular formula is C16H23ClN4O2. The van der Waals surface area contributed by atoms with E-state index in [2.05, 4.69) is 16.6 Å². The number of halogens is 1. The van der Waals surface area contributed by atoms with E-state index in [1.54, 1.807) is 17.1 Å². The Hall–Kier alpha value is -1.37. The van der Waals surface area contributed by atoms with Gasteiger partial charge in [0.2, 0.25) is 5.91 Å².